The first-order chi connectivity index (χ1) is 7.48. The minimum absolute atomic E-state index is 0.0641. The maximum absolute atomic E-state index is 11.8. The van der Waals surface area contributed by atoms with E-state index in [1.165, 1.54) is 5.75 Å². The van der Waals surface area contributed by atoms with Crippen molar-refractivity contribution in [2.45, 2.75) is 20.3 Å². The predicted molar refractivity (Wildman–Crippen MR) is 65.6 cm³/mol. The van der Waals surface area contributed by atoms with Gasteiger partial charge in [0.25, 0.3) is 0 Å². The van der Waals surface area contributed by atoms with Crippen molar-refractivity contribution in [2.24, 2.45) is 22.2 Å². The van der Waals surface area contributed by atoms with E-state index in [4.69, 9.17) is 10.9 Å². The van der Waals surface area contributed by atoms with Crippen LogP contribution in [0.4, 0.5) is 0 Å². The molecule has 0 aromatic heterocycles. The first-order valence-electron chi connectivity index (χ1n) is 5.32. The first-order valence-corrected chi connectivity index (χ1v) is 6.48. The van der Waals surface area contributed by atoms with Gasteiger partial charge in [0.1, 0.15) is 5.41 Å². The number of nitrogens with zero attached hydrogens (tertiary/aromatic N) is 1. The highest BCUT2D eigenvalue weighted by Gasteiger charge is 2.33. The van der Waals surface area contributed by atoms with Crippen LogP contribution < -0.4 is 11.1 Å². The van der Waals surface area contributed by atoms with Crippen LogP contribution in [0.15, 0.2) is 5.16 Å². The van der Waals surface area contributed by atoms with E-state index in [1.807, 2.05) is 11.8 Å². The second kappa shape index (κ2) is 5.43. The molecule has 1 unspecified atom stereocenters. The van der Waals surface area contributed by atoms with E-state index in [0.29, 0.717) is 12.5 Å². The summed E-state index contributed by atoms with van der Waals surface area (Å²) in [5.74, 6) is 2.57. The second-order valence-electron chi connectivity index (χ2n) is 4.55. The SMILES string of the molecule is CC(C)(C(=O)NCC1CCSC1)C(N)=NO. The van der Waals surface area contributed by atoms with E-state index in [-0.39, 0.29) is 11.7 Å². The van der Waals surface area contributed by atoms with Gasteiger partial charge in [-0.25, -0.2) is 0 Å². The standard InChI is InChI=1S/C10H19N3O2S/c1-10(2,8(11)13-15)9(14)12-5-7-3-4-16-6-7/h7,15H,3-6H2,1-2H3,(H2,11,13)(H,12,14). The third-order valence-corrected chi connectivity index (χ3v) is 4.12. The summed E-state index contributed by atoms with van der Waals surface area (Å²) in [6.07, 6.45) is 1.15. The molecule has 0 spiro atoms. The molecule has 1 atom stereocenters. The minimum atomic E-state index is -0.958. The first kappa shape index (κ1) is 13.2. The Morgan fingerprint density at radius 2 is 2.38 bits per heavy atom. The van der Waals surface area contributed by atoms with Crippen molar-refractivity contribution in [3.63, 3.8) is 0 Å². The van der Waals surface area contributed by atoms with E-state index in [0.717, 1.165) is 12.2 Å². The van der Waals surface area contributed by atoms with Crippen LogP contribution in [0.3, 0.4) is 0 Å². The van der Waals surface area contributed by atoms with Crippen molar-refractivity contribution >= 4 is 23.5 Å². The lowest BCUT2D eigenvalue weighted by Crippen LogP contribution is -2.47. The molecule has 1 aliphatic heterocycles. The summed E-state index contributed by atoms with van der Waals surface area (Å²) in [6, 6.07) is 0. The zero-order chi connectivity index (χ0) is 12.2. The van der Waals surface area contributed by atoms with Gasteiger partial charge in [0.2, 0.25) is 5.91 Å². The summed E-state index contributed by atoms with van der Waals surface area (Å²) in [6.45, 7) is 3.95. The zero-order valence-electron chi connectivity index (χ0n) is 9.69. The van der Waals surface area contributed by atoms with Gasteiger partial charge in [0.15, 0.2) is 5.84 Å². The van der Waals surface area contributed by atoms with E-state index in [1.54, 1.807) is 13.8 Å². The number of thioether (sulfide) groups is 1. The lowest BCUT2D eigenvalue weighted by molar-refractivity contribution is -0.126. The topological polar surface area (TPSA) is 87.7 Å². The molecule has 1 fully saturated rings. The predicted octanol–water partition coefficient (Wildman–Crippen LogP) is 0.628. The summed E-state index contributed by atoms with van der Waals surface area (Å²) < 4.78 is 0. The molecule has 0 aromatic rings. The molecule has 92 valence electrons. The average molecular weight is 245 g/mol. The summed E-state index contributed by atoms with van der Waals surface area (Å²) in [4.78, 5) is 11.8. The zero-order valence-corrected chi connectivity index (χ0v) is 10.5. The number of hydrogen-bond acceptors (Lipinski definition) is 4. The molecule has 6 heteroatoms. The van der Waals surface area contributed by atoms with Gasteiger partial charge in [0.05, 0.1) is 0 Å². The van der Waals surface area contributed by atoms with Crippen LogP contribution in [-0.4, -0.2) is 35.0 Å². The fourth-order valence-corrected chi connectivity index (χ4v) is 2.73. The second-order valence-corrected chi connectivity index (χ2v) is 5.70. The summed E-state index contributed by atoms with van der Waals surface area (Å²) in [7, 11) is 0. The number of amidine groups is 1. The van der Waals surface area contributed by atoms with Crippen LogP contribution in [0.5, 0.6) is 0 Å². The van der Waals surface area contributed by atoms with Gasteiger partial charge in [-0.3, -0.25) is 4.79 Å². The summed E-state index contributed by atoms with van der Waals surface area (Å²) in [5.41, 5.74) is 4.51. The van der Waals surface area contributed by atoms with Gasteiger partial charge in [-0.2, -0.15) is 11.8 Å². The van der Waals surface area contributed by atoms with Crippen molar-refractivity contribution in [3.05, 3.63) is 0 Å². The number of amides is 1. The largest absolute Gasteiger partial charge is 0.409 e. The lowest BCUT2D eigenvalue weighted by atomic mass is 9.90. The Kier molecular flexibility index (Phi) is 4.46. The maximum Gasteiger partial charge on any atom is 0.233 e. The Bertz CT molecular complexity index is 286. The van der Waals surface area contributed by atoms with Gasteiger partial charge >= 0.3 is 0 Å². The highest BCUT2D eigenvalue weighted by atomic mass is 32.2. The van der Waals surface area contributed by atoms with Gasteiger partial charge in [0, 0.05) is 6.54 Å². The molecule has 0 radical (unpaired) electrons. The van der Waals surface area contributed by atoms with Crippen molar-refractivity contribution in [2.75, 3.05) is 18.1 Å². The minimum Gasteiger partial charge on any atom is -0.409 e. The van der Waals surface area contributed by atoms with E-state index in [9.17, 15) is 4.79 Å². The Balaban J connectivity index is 2.44. The van der Waals surface area contributed by atoms with Crippen LogP contribution >= 0.6 is 11.8 Å². The number of hydrogen-bond donors (Lipinski definition) is 3. The molecule has 1 amide bonds. The number of carbonyl (C=O) groups excluding carboxylic acids is 1. The van der Waals surface area contributed by atoms with Crippen LogP contribution in [0.25, 0.3) is 0 Å². The van der Waals surface area contributed by atoms with Crippen molar-refractivity contribution in [1.82, 2.24) is 5.32 Å². The van der Waals surface area contributed by atoms with E-state index >= 15 is 0 Å². The molecule has 0 bridgehead atoms. The highest BCUT2D eigenvalue weighted by Crippen LogP contribution is 2.23. The summed E-state index contributed by atoms with van der Waals surface area (Å²) in [5, 5.41) is 14.3. The molecule has 16 heavy (non-hydrogen) atoms. The number of nitrogens with two attached hydrogens (primary N) is 1. The highest BCUT2D eigenvalue weighted by molar-refractivity contribution is 7.99. The van der Waals surface area contributed by atoms with Gasteiger partial charge < -0.3 is 16.3 Å². The third-order valence-electron chi connectivity index (χ3n) is 2.89. The molecule has 1 heterocycles. The smallest absolute Gasteiger partial charge is 0.233 e. The number of carbonyl (C=O) groups is 1. The van der Waals surface area contributed by atoms with E-state index in [2.05, 4.69) is 10.5 Å². The molecule has 4 N–H and O–H groups in total. The van der Waals surface area contributed by atoms with Crippen LogP contribution in [0, 0.1) is 11.3 Å². The average Bonchev–Trinajstić information content (AvgIpc) is 2.77. The summed E-state index contributed by atoms with van der Waals surface area (Å²) >= 11 is 1.91. The van der Waals surface area contributed by atoms with Crippen LogP contribution in [0.1, 0.15) is 20.3 Å². The molecule has 0 aromatic carbocycles. The number of nitrogens with one attached hydrogen (secondary N) is 1. The quantitative estimate of drug-likeness (QED) is 0.293. The number of rotatable bonds is 4. The van der Waals surface area contributed by atoms with Crippen LogP contribution in [0.2, 0.25) is 0 Å². The fourth-order valence-electron chi connectivity index (χ4n) is 1.44. The molecular weight excluding hydrogens is 226 g/mol. The Hall–Kier alpha value is -0.910. The monoisotopic (exact) mass is 245 g/mol. The maximum atomic E-state index is 11.8. The third kappa shape index (κ3) is 3.04. The molecule has 0 saturated carbocycles. The van der Waals surface area contributed by atoms with Crippen molar-refractivity contribution in [1.29, 1.82) is 0 Å². The number of oxime groups is 1. The molecular formula is C10H19N3O2S. The van der Waals surface area contributed by atoms with Crippen molar-refractivity contribution < 1.29 is 10.0 Å². The normalized spacial score (nSPS) is 22.1. The van der Waals surface area contributed by atoms with Crippen molar-refractivity contribution in [3.8, 4) is 0 Å². The Morgan fingerprint density at radius 1 is 1.69 bits per heavy atom. The fraction of sp³-hybridized carbons (Fsp3) is 0.800. The Morgan fingerprint density at radius 3 is 2.88 bits per heavy atom. The van der Waals surface area contributed by atoms with Crippen LogP contribution in [-0.2, 0) is 4.79 Å². The Labute approximate surface area is 99.8 Å². The lowest BCUT2D eigenvalue weighted by Gasteiger charge is -2.22. The van der Waals surface area contributed by atoms with E-state index < -0.39 is 5.41 Å². The molecule has 5 nitrogen and oxygen atoms in total. The van der Waals surface area contributed by atoms with Gasteiger partial charge in [-0.05, 0) is 37.7 Å². The van der Waals surface area contributed by atoms with Gasteiger partial charge in [-0.1, -0.05) is 5.16 Å². The van der Waals surface area contributed by atoms with Gasteiger partial charge in [-0.15, -0.1) is 0 Å². The molecule has 1 saturated heterocycles. The molecule has 0 aliphatic carbocycles. The molecule has 1 rings (SSSR count). The molecule has 1 aliphatic rings.